The number of hydrogen-bond donors (Lipinski definition) is 1. The summed E-state index contributed by atoms with van der Waals surface area (Å²) in [5, 5.41) is 11.2. The van der Waals surface area contributed by atoms with Crippen molar-refractivity contribution in [2.24, 2.45) is 11.8 Å². The quantitative estimate of drug-likeness (QED) is 0.627. The van der Waals surface area contributed by atoms with Gasteiger partial charge in [-0.15, -0.1) is 0 Å². The second-order valence-corrected chi connectivity index (χ2v) is 5.96. The van der Waals surface area contributed by atoms with Crippen molar-refractivity contribution in [2.75, 3.05) is 6.61 Å². The molecule has 19 heavy (non-hydrogen) atoms. The number of carbonyl (C=O) groups excluding carboxylic acids is 1. The second kappa shape index (κ2) is 6.56. The lowest BCUT2D eigenvalue weighted by Crippen LogP contribution is -2.48. The predicted octanol–water partition coefficient (Wildman–Crippen LogP) is 3.46. The summed E-state index contributed by atoms with van der Waals surface area (Å²) < 4.78 is 5.16. The van der Waals surface area contributed by atoms with Gasteiger partial charge in [-0.25, -0.2) is 0 Å². The SMILES string of the molecule is CCOC(=O)C(CC)C1(O)CC(C)CCC1=C(C)C. The standard InChI is InChI=1S/C16H28O3/c1-6-13(15(17)19-7-2)16(18)10-12(5)8-9-14(16)11(3)4/h12-13,18H,6-10H2,1-5H3. The molecule has 3 nitrogen and oxygen atoms in total. The summed E-state index contributed by atoms with van der Waals surface area (Å²) in [6.07, 6.45) is 3.24. The largest absolute Gasteiger partial charge is 0.466 e. The molecule has 0 aromatic carbocycles. The van der Waals surface area contributed by atoms with Crippen molar-refractivity contribution in [3.05, 3.63) is 11.1 Å². The highest BCUT2D eigenvalue weighted by Crippen LogP contribution is 2.44. The average Bonchev–Trinajstić information content (AvgIpc) is 2.28. The monoisotopic (exact) mass is 268 g/mol. The van der Waals surface area contributed by atoms with Crippen LogP contribution in [0, 0.1) is 11.8 Å². The summed E-state index contributed by atoms with van der Waals surface area (Å²) in [5.74, 6) is -0.267. The Bertz CT molecular complexity index is 355. The second-order valence-electron chi connectivity index (χ2n) is 5.96. The first-order valence-corrected chi connectivity index (χ1v) is 7.42. The molecular weight excluding hydrogens is 240 g/mol. The van der Waals surface area contributed by atoms with Crippen LogP contribution in [0.2, 0.25) is 0 Å². The molecule has 1 saturated carbocycles. The van der Waals surface area contributed by atoms with E-state index in [9.17, 15) is 9.90 Å². The minimum absolute atomic E-state index is 0.264. The molecule has 0 heterocycles. The van der Waals surface area contributed by atoms with Crippen molar-refractivity contribution < 1.29 is 14.6 Å². The molecule has 1 aliphatic rings. The van der Waals surface area contributed by atoms with E-state index in [0.717, 1.165) is 24.0 Å². The van der Waals surface area contributed by atoms with Gasteiger partial charge in [-0.1, -0.05) is 19.4 Å². The molecular formula is C16H28O3. The zero-order chi connectivity index (χ0) is 14.6. The Balaban J connectivity index is 3.13. The Labute approximate surface area is 117 Å². The molecule has 1 aliphatic carbocycles. The van der Waals surface area contributed by atoms with Crippen LogP contribution in [-0.4, -0.2) is 23.3 Å². The van der Waals surface area contributed by atoms with E-state index >= 15 is 0 Å². The fourth-order valence-electron chi connectivity index (χ4n) is 3.34. The molecule has 3 atom stereocenters. The highest BCUT2D eigenvalue weighted by atomic mass is 16.5. The summed E-state index contributed by atoms with van der Waals surface area (Å²) in [5.41, 5.74) is 1.17. The first-order chi connectivity index (χ1) is 8.86. The number of carbonyl (C=O) groups is 1. The van der Waals surface area contributed by atoms with Gasteiger partial charge < -0.3 is 9.84 Å². The normalized spacial score (nSPS) is 28.9. The zero-order valence-electron chi connectivity index (χ0n) is 13.0. The molecule has 1 N–H and O–H groups in total. The van der Waals surface area contributed by atoms with Crippen molar-refractivity contribution in [3.8, 4) is 0 Å². The van der Waals surface area contributed by atoms with Crippen molar-refractivity contribution >= 4 is 5.97 Å². The Hall–Kier alpha value is -0.830. The van der Waals surface area contributed by atoms with E-state index in [4.69, 9.17) is 4.74 Å². The molecule has 3 unspecified atom stereocenters. The van der Waals surface area contributed by atoms with Gasteiger partial charge in [-0.2, -0.15) is 0 Å². The van der Waals surface area contributed by atoms with E-state index in [0.29, 0.717) is 25.4 Å². The average molecular weight is 268 g/mol. The van der Waals surface area contributed by atoms with Crippen LogP contribution in [0.15, 0.2) is 11.1 Å². The summed E-state index contributed by atoms with van der Waals surface area (Å²) in [6, 6.07) is 0. The molecule has 0 radical (unpaired) electrons. The van der Waals surface area contributed by atoms with Crippen LogP contribution in [0.1, 0.15) is 60.3 Å². The van der Waals surface area contributed by atoms with E-state index in [2.05, 4.69) is 6.92 Å². The summed E-state index contributed by atoms with van der Waals surface area (Å²) in [6.45, 7) is 10.3. The maximum absolute atomic E-state index is 12.1. The topological polar surface area (TPSA) is 46.5 Å². The minimum Gasteiger partial charge on any atom is -0.466 e. The molecule has 3 heteroatoms. The molecule has 0 aliphatic heterocycles. The van der Waals surface area contributed by atoms with E-state index in [1.54, 1.807) is 6.92 Å². The van der Waals surface area contributed by atoms with Crippen LogP contribution in [0.4, 0.5) is 0 Å². The highest BCUT2D eigenvalue weighted by Gasteiger charge is 2.47. The maximum Gasteiger partial charge on any atom is 0.312 e. The van der Waals surface area contributed by atoms with Gasteiger partial charge in [0.15, 0.2) is 0 Å². The van der Waals surface area contributed by atoms with Gasteiger partial charge in [0.25, 0.3) is 0 Å². The third kappa shape index (κ3) is 3.38. The van der Waals surface area contributed by atoms with Gasteiger partial charge in [-0.05, 0) is 57.9 Å². The lowest BCUT2D eigenvalue weighted by Gasteiger charge is -2.43. The first kappa shape index (κ1) is 16.2. The van der Waals surface area contributed by atoms with Crippen LogP contribution in [0.25, 0.3) is 0 Å². The molecule has 110 valence electrons. The predicted molar refractivity (Wildman–Crippen MR) is 76.8 cm³/mol. The van der Waals surface area contributed by atoms with E-state index in [1.807, 2.05) is 20.8 Å². The Morgan fingerprint density at radius 3 is 2.58 bits per heavy atom. The van der Waals surface area contributed by atoms with Gasteiger partial charge in [0.2, 0.25) is 0 Å². The van der Waals surface area contributed by atoms with Gasteiger partial charge in [0, 0.05) is 0 Å². The number of rotatable bonds is 4. The van der Waals surface area contributed by atoms with Crippen molar-refractivity contribution in [2.45, 2.75) is 65.9 Å². The fraction of sp³-hybridized carbons (Fsp3) is 0.812. The molecule has 0 spiro atoms. The fourth-order valence-corrected chi connectivity index (χ4v) is 3.34. The third-order valence-corrected chi connectivity index (χ3v) is 4.23. The van der Waals surface area contributed by atoms with Crippen LogP contribution in [0.3, 0.4) is 0 Å². The lowest BCUT2D eigenvalue weighted by atomic mass is 9.67. The van der Waals surface area contributed by atoms with E-state index in [-0.39, 0.29) is 5.97 Å². The molecule has 0 aromatic heterocycles. The number of hydrogen-bond acceptors (Lipinski definition) is 3. The Morgan fingerprint density at radius 1 is 1.47 bits per heavy atom. The summed E-state index contributed by atoms with van der Waals surface area (Å²) in [4.78, 5) is 12.1. The molecule has 0 saturated heterocycles. The third-order valence-electron chi connectivity index (χ3n) is 4.23. The minimum atomic E-state index is -1.02. The van der Waals surface area contributed by atoms with Gasteiger partial charge in [-0.3, -0.25) is 4.79 Å². The van der Waals surface area contributed by atoms with E-state index in [1.165, 1.54) is 0 Å². The van der Waals surface area contributed by atoms with E-state index < -0.39 is 11.5 Å². The Morgan fingerprint density at radius 2 is 2.11 bits per heavy atom. The highest BCUT2D eigenvalue weighted by molar-refractivity contribution is 5.75. The maximum atomic E-state index is 12.1. The van der Waals surface area contributed by atoms with Crippen molar-refractivity contribution in [1.82, 2.24) is 0 Å². The van der Waals surface area contributed by atoms with Crippen LogP contribution in [-0.2, 0) is 9.53 Å². The number of allylic oxidation sites excluding steroid dienone is 1. The first-order valence-electron chi connectivity index (χ1n) is 7.42. The summed E-state index contributed by atoms with van der Waals surface area (Å²) >= 11 is 0. The molecule has 1 fully saturated rings. The number of aliphatic hydroxyl groups is 1. The van der Waals surface area contributed by atoms with Gasteiger partial charge in [0.05, 0.1) is 18.1 Å². The Kier molecular flexibility index (Phi) is 5.60. The zero-order valence-corrected chi connectivity index (χ0v) is 13.0. The van der Waals surface area contributed by atoms with Crippen molar-refractivity contribution in [3.63, 3.8) is 0 Å². The number of ether oxygens (including phenoxy) is 1. The number of esters is 1. The molecule has 0 amide bonds. The molecule has 0 bridgehead atoms. The lowest BCUT2D eigenvalue weighted by molar-refractivity contribution is -0.158. The molecule has 1 rings (SSSR count). The smallest absolute Gasteiger partial charge is 0.312 e. The van der Waals surface area contributed by atoms with Crippen LogP contribution in [0.5, 0.6) is 0 Å². The van der Waals surface area contributed by atoms with Crippen LogP contribution >= 0.6 is 0 Å². The van der Waals surface area contributed by atoms with Gasteiger partial charge in [0.1, 0.15) is 0 Å². The summed E-state index contributed by atoms with van der Waals surface area (Å²) in [7, 11) is 0. The van der Waals surface area contributed by atoms with Crippen LogP contribution < -0.4 is 0 Å². The molecule has 0 aromatic rings. The van der Waals surface area contributed by atoms with Gasteiger partial charge >= 0.3 is 5.97 Å². The van der Waals surface area contributed by atoms with Crippen molar-refractivity contribution in [1.29, 1.82) is 0 Å².